The SMILES string of the molecule is CC(C)NCc1nnnn1C1CCCC(C)(C)C1. The van der Waals surface area contributed by atoms with Crippen molar-refractivity contribution in [3.8, 4) is 0 Å². The lowest BCUT2D eigenvalue weighted by Crippen LogP contribution is -2.29. The van der Waals surface area contributed by atoms with Gasteiger partial charge in [-0.25, -0.2) is 4.68 Å². The molecule has 1 aliphatic carbocycles. The van der Waals surface area contributed by atoms with E-state index in [0.717, 1.165) is 12.4 Å². The molecule has 0 amide bonds. The van der Waals surface area contributed by atoms with Gasteiger partial charge in [0, 0.05) is 6.04 Å². The minimum Gasteiger partial charge on any atom is -0.308 e. The average molecular weight is 251 g/mol. The number of hydrogen-bond acceptors (Lipinski definition) is 4. The number of nitrogens with one attached hydrogen (secondary N) is 1. The van der Waals surface area contributed by atoms with Crippen molar-refractivity contribution in [2.45, 2.75) is 72.0 Å². The zero-order chi connectivity index (χ0) is 13.2. The zero-order valence-corrected chi connectivity index (χ0v) is 12.0. The van der Waals surface area contributed by atoms with Gasteiger partial charge in [-0.1, -0.05) is 34.1 Å². The predicted octanol–water partition coefficient (Wildman–Crippen LogP) is 2.31. The van der Waals surface area contributed by atoms with Gasteiger partial charge in [0.05, 0.1) is 12.6 Å². The normalized spacial score (nSPS) is 23.5. The van der Waals surface area contributed by atoms with Crippen LogP contribution >= 0.6 is 0 Å². The molecule has 2 rings (SSSR count). The van der Waals surface area contributed by atoms with Crippen molar-refractivity contribution in [3.63, 3.8) is 0 Å². The van der Waals surface area contributed by atoms with Crippen LogP contribution in [0.25, 0.3) is 0 Å². The van der Waals surface area contributed by atoms with Gasteiger partial charge in [-0.3, -0.25) is 0 Å². The number of rotatable bonds is 4. The third-order valence-corrected chi connectivity index (χ3v) is 3.75. The van der Waals surface area contributed by atoms with E-state index >= 15 is 0 Å². The zero-order valence-electron chi connectivity index (χ0n) is 12.0. The van der Waals surface area contributed by atoms with Gasteiger partial charge < -0.3 is 5.32 Å². The van der Waals surface area contributed by atoms with Crippen molar-refractivity contribution in [1.29, 1.82) is 0 Å². The Morgan fingerprint density at radius 2 is 2.22 bits per heavy atom. The summed E-state index contributed by atoms with van der Waals surface area (Å²) >= 11 is 0. The van der Waals surface area contributed by atoms with E-state index in [-0.39, 0.29) is 0 Å². The lowest BCUT2D eigenvalue weighted by atomic mass is 9.75. The van der Waals surface area contributed by atoms with Gasteiger partial charge in [0.15, 0.2) is 5.82 Å². The summed E-state index contributed by atoms with van der Waals surface area (Å²) < 4.78 is 2.04. The van der Waals surface area contributed by atoms with Gasteiger partial charge >= 0.3 is 0 Å². The first-order chi connectivity index (χ1) is 8.48. The molecule has 1 heterocycles. The number of nitrogens with zero attached hydrogens (tertiary/aromatic N) is 4. The highest BCUT2D eigenvalue weighted by Crippen LogP contribution is 2.40. The van der Waals surface area contributed by atoms with Crippen LogP contribution in [0.15, 0.2) is 0 Å². The lowest BCUT2D eigenvalue weighted by molar-refractivity contribution is 0.170. The summed E-state index contributed by atoms with van der Waals surface area (Å²) in [5.41, 5.74) is 0.414. The van der Waals surface area contributed by atoms with E-state index in [1.165, 1.54) is 25.7 Å². The van der Waals surface area contributed by atoms with Crippen molar-refractivity contribution in [3.05, 3.63) is 5.82 Å². The molecule has 1 unspecified atom stereocenters. The van der Waals surface area contributed by atoms with Crippen LogP contribution in [0.5, 0.6) is 0 Å². The highest BCUT2D eigenvalue weighted by atomic mass is 15.6. The van der Waals surface area contributed by atoms with E-state index in [2.05, 4.69) is 48.5 Å². The Morgan fingerprint density at radius 3 is 2.89 bits per heavy atom. The van der Waals surface area contributed by atoms with Gasteiger partial charge in [-0.2, -0.15) is 0 Å². The first-order valence-electron chi connectivity index (χ1n) is 6.98. The quantitative estimate of drug-likeness (QED) is 0.892. The number of aromatic nitrogens is 4. The van der Waals surface area contributed by atoms with E-state index in [4.69, 9.17) is 0 Å². The van der Waals surface area contributed by atoms with Crippen LogP contribution in [0, 0.1) is 5.41 Å². The van der Waals surface area contributed by atoms with Gasteiger partial charge in [0.2, 0.25) is 0 Å². The summed E-state index contributed by atoms with van der Waals surface area (Å²) in [6.45, 7) is 9.71. The second-order valence-electron chi connectivity index (χ2n) is 6.49. The fourth-order valence-electron chi connectivity index (χ4n) is 2.77. The Hall–Kier alpha value is -0.970. The summed E-state index contributed by atoms with van der Waals surface area (Å²) in [4.78, 5) is 0. The molecule has 0 spiro atoms. The molecule has 18 heavy (non-hydrogen) atoms. The third-order valence-electron chi connectivity index (χ3n) is 3.75. The minimum absolute atomic E-state index is 0.414. The standard InChI is InChI=1S/C13H25N5/c1-10(2)14-9-12-15-16-17-18(12)11-6-5-7-13(3,4)8-11/h10-11,14H,5-9H2,1-4H3. The van der Waals surface area contributed by atoms with Crippen LogP contribution in [0.2, 0.25) is 0 Å². The Balaban J connectivity index is 2.06. The molecular formula is C13H25N5. The monoisotopic (exact) mass is 251 g/mol. The maximum absolute atomic E-state index is 4.20. The van der Waals surface area contributed by atoms with Gasteiger partial charge in [0.25, 0.3) is 0 Å². The molecule has 102 valence electrons. The van der Waals surface area contributed by atoms with Gasteiger partial charge in [-0.15, -0.1) is 5.10 Å². The molecule has 1 N–H and O–H groups in total. The van der Waals surface area contributed by atoms with E-state index in [1.54, 1.807) is 0 Å². The molecule has 0 bridgehead atoms. The summed E-state index contributed by atoms with van der Waals surface area (Å²) in [7, 11) is 0. The highest BCUT2D eigenvalue weighted by Gasteiger charge is 2.30. The summed E-state index contributed by atoms with van der Waals surface area (Å²) in [6, 6.07) is 0.922. The average Bonchev–Trinajstić information content (AvgIpc) is 2.73. The number of hydrogen-bond donors (Lipinski definition) is 1. The smallest absolute Gasteiger partial charge is 0.165 e. The summed E-state index contributed by atoms with van der Waals surface area (Å²) in [5.74, 6) is 0.964. The van der Waals surface area contributed by atoms with Crippen molar-refractivity contribution >= 4 is 0 Å². The molecule has 1 aromatic rings. The minimum atomic E-state index is 0.414. The number of tetrazole rings is 1. The third kappa shape index (κ3) is 3.28. The molecule has 0 aliphatic heterocycles. The topological polar surface area (TPSA) is 55.6 Å². The second kappa shape index (κ2) is 5.34. The summed E-state index contributed by atoms with van der Waals surface area (Å²) in [5, 5.41) is 15.6. The largest absolute Gasteiger partial charge is 0.308 e. The maximum Gasteiger partial charge on any atom is 0.165 e. The first kappa shape index (κ1) is 13.5. The van der Waals surface area contributed by atoms with Crippen LogP contribution in [-0.2, 0) is 6.54 Å². The van der Waals surface area contributed by atoms with Crippen LogP contribution in [0.4, 0.5) is 0 Å². The Bertz CT molecular complexity index is 382. The van der Waals surface area contributed by atoms with Crippen molar-refractivity contribution in [2.75, 3.05) is 0 Å². The molecule has 1 atom stereocenters. The van der Waals surface area contributed by atoms with Crippen molar-refractivity contribution in [2.24, 2.45) is 5.41 Å². The predicted molar refractivity (Wildman–Crippen MR) is 71.1 cm³/mol. The van der Waals surface area contributed by atoms with E-state index in [1.807, 2.05) is 4.68 Å². The lowest BCUT2D eigenvalue weighted by Gasteiger charge is -2.35. The van der Waals surface area contributed by atoms with Crippen LogP contribution in [0.1, 0.15) is 65.2 Å². The molecule has 1 fully saturated rings. The van der Waals surface area contributed by atoms with E-state index < -0.39 is 0 Å². The Morgan fingerprint density at radius 1 is 1.44 bits per heavy atom. The molecule has 0 radical (unpaired) electrons. The summed E-state index contributed by atoms with van der Waals surface area (Å²) in [6.07, 6.45) is 4.95. The van der Waals surface area contributed by atoms with Crippen molar-refractivity contribution in [1.82, 2.24) is 25.5 Å². The molecule has 1 aromatic heterocycles. The Kier molecular flexibility index (Phi) is 4.00. The maximum atomic E-state index is 4.20. The molecule has 1 saturated carbocycles. The molecular weight excluding hydrogens is 226 g/mol. The van der Waals surface area contributed by atoms with E-state index in [9.17, 15) is 0 Å². The van der Waals surface area contributed by atoms with E-state index in [0.29, 0.717) is 17.5 Å². The molecule has 0 saturated heterocycles. The van der Waals surface area contributed by atoms with Crippen molar-refractivity contribution < 1.29 is 0 Å². The van der Waals surface area contributed by atoms with Crippen LogP contribution < -0.4 is 5.32 Å². The highest BCUT2D eigenvalue weighted by molar-refractivity contribution is 4.89. The van der Waals surface area contributed by atoms with Crippen LogP contribution in [0.3, 0.4) is 0 Å². The van der Waals surface area contributed by atoms with Gasteiger partial charge in [0.1, 0.15) is 0 Å². The second-order valence-corrected chi connectivity index (χ2v) is 6.49. The van der Waals surface area contributed by atoms with Gasteiger partial charge in [-0.05, 0) is 35.1 Å². The van der Waals surface area contributed by atoms with Crippen LogP contribution in [-0.4, -0.2) is 26.2 Å². The molecule has 5 nitrogen and oxygen atoms in total. The molecule has 1 aliphatic rings. The molecule has 5 heteroatoms. The first-order valence-corrected chi connectivity index (χ1v) is 6.98. The fourth-order valence-corrected chi connectivity index (χ4v) is 2.77. The Labute approximate surface area is 109 Å². The molecule has 0 aromatic carbocycles. The fraction of sp³-hybridized carbons (Fsp3) is 0.923.